The van der Waals surface area contributed by atoms with Crippen LogP contribution in [0.5, 0.6) is 0 Å². The Hall–Kier alpha value is -2.61. The molecule has 0 bridgehead atoms. The number of nitriles is 1. The van der Waals surface area contributed by atoms with E-state index in [9.17, 15) is 5.26 Å². The van der Waals surface area contributed by atoms with E-state index in [-0.39, 0.29) is 11.1 Å². The van der Waals surface area contributed by atoms with Gasteiger partial charge in [-0.05, 0) is 24.0 Å². The summed E-state index contributed by atoms with van der Waals surface area (Å²) in [5.41, 5.74) is 2.36. The summed E-state index contributed by atoms with van der Waals surface area (Å²) < 4.78 is 5.79. The smallest absolute Gasteiger partial charge is 0.254 e. The van der Waals surface area contributed by atoms with Crippen LogP contribution >= 0.6 is 0 Å². The van der Waals surface area contributed by atoms with Gasteiger partial charge in [-0.3, -0.25) is 0 Å². The van der Waals surface area contributed by atoms with Crippen molar-refractivity contribution in [2.45, 2.75) is 71.6 Å². The molecule has 5 heteroatoms. The van der Waals surface area contributed by atoms with Gasteiger partial charge in [0.15, 0.2) is 0 Å². The average molecular weight is 381 g/mol. The van der Waals surface area contributed by atoms with E-state index >= 15 is 0 Å². The zero-order valence-electron chi connectivity index (χ0n) is 17.8. The largest absolute Gasteiger partial charge is 0.421 e. The summed E-state index contributed by atoms with van der Waals surface area (Å²) in [5, 5.41) is 15.3. The minimum atomic E-state index is -0.263. The lowest BCUT2D eigenvalue weighted by Crippen LogP contribution is -2.11. The van der Waals surface area contributed by atoms with Gasteiger partial charge in [0.05, 0.1) is 6.21 Å². The van der Waals surface area contributed by atoms with Crippen molar-refractivity contribution in [2.75, 3.05) is 12.1 Å². The molecule has 0 aliphatic carbocycles. The first kappa shape index (κ1) is 21.7. The monoisotopic (exact) mass is 380 g/mol. The lowest BCUT2D eigenvalue weighted by molar-refractivity contribution is 0.394. The number of unbranched alkanes of at least 4 members (excludes halogenated alkanes) is 4. The van der Waals surface area contributed by atoms with Gasteiger partial charge in [0.25, 0.3) is 5.88 Å². The van der Waals surface area contributed by atoms with E-state index in [1.807, 2.05) is 20.8 Å². The minimum absolute atomic E-state index is 0.253. The van der Waals surface area contributed by atoms with Gasteiger partial charge in [0, 0.05) is 12.5 Å². The van der Waals surface area contributed by atoms with Crippen LogP contribution in [0.25, 0.3) is 0 Å². The zero-order chi connectivity index (χ0) is 20.6. The van der Waals surface area contributed by atoms with Crippen LogP contribution in [0.2, 0.25) is 0 Å². The van der Waals surface area contributed by atoms with E-state index in [0.717, 1.165) is 12.0 Å². The summed E-state index contributed by atoms with van der Waals surface area (Å²) in [5.74, 6) is 0.900. The molecule has 0 aliphatic heterocycles. The molecule has 1 heterocycles. The molecule has 1 aromatic carbocycles. The predicted octanol–water partition coefficient (Wildman–Crippen LogP) is 5.83. The fraction of sp³-hybridized carbons (Fsp3) is 0.522. The molecule has 0 atom stereocenters. The molecule has 0 fully saturated rings. The summed E-state index contributed by atoms with van der Waals surface area (Å²) >= 11 is 0. The molecule has 2 rings (SSSR count). The summed E-state index contributed by atoms with van der Waals surface area (Å²) in [6, 6.07) is 10.6. The summed E-state index contributed by atoms with van der Waals surface area (Å²) in [7, 11) is 1.76. The van der Waals surface area contributed by atoms with Gasteiger partial charge in [-0.15, -0.1) is 0 Å². The van der Waals surface area contributed by atoms with E-state index in [4.69, 9.17) is 4.42 Å². The Kier molecular flexibility index (Phi) is 7.80. The highest BCUT2D eigenvalue weighted by Crippen LogP contribution is 2.28. The third-order valence-corrected chi connectivity index (χ3v) is 4.58. The molecular formula is C23H32N4O. The summed E-state index contributed by atoms with van der Waals surface area (Å²) in [6.45, 7) is 8.24. The first-order valence-electron chi connectivity index (χ1n) is 10.1. The molecule has 28 heavy (non-hydrogen) atoms. The fourth-order valence-corrected chi connectivity index (χ4v) is 2.83. The number of oxazole rings is 1. The van der Waals surface area contributed by atoms with E-state index < -0.39 is 0 Å². The Morgan fingerprint density at radius 2 is 1.82 bits per heavy atom. The van der Waals surface area contributed by atoms with E-state index in [0.29, 0.717) is 11.8 Å². The van der Waals surface area contributed by atoms with Crippen LogP contribution in [0.3, 0.4) is 0 Å². The first-order valence-corrected chi connectivity index (χ1v) is 10.1. The van der Waals surface area contributed by atoms with Crippen LogP contribution in [0.15, 0.2) is 33.8 Å². The average Bonchev–Trinajstić information content (AvgIpc) is 3.12. The number of hydrogen-bond donors (Lipinski definition) is 0. The lowest BCUT2D eigenvalue weighted by Gasteiger charge is -2.13. The van der Waals surface area contributed by atoms with Gasteiger partial charge in [0.2, 0.25) is 11.6 Å². The van der Waals surface area contributed by atoms with Gasteiger partial charge in [-0.2, -0.15) is 15.3 Å². The third kappa shape index (κ3) is 6.23. The molecule has 1 aromatic heterocycles. The van der Waals surface area contributed by atoms with Gasteiger partial charge in [-0.1, -0.05) is 77.6 Å². The molecule has 0 saturated heterocycles. The van der Waals surface area contributed by atoms with Crippen molar-refractivity contribution in [2.24, 2.45) is 5.10 Å². The van der Waals surface area contributed by atoms with Gasteiger partial charge in [-0.25, -0.2) is 5.01 Å². The molecule has 5 nitrogen and oxygen atoms in total. The van der Waals surface area contributed by atoms with Crippen LogP contribution in [-0.4, -0.2) is 18.2 Å². The second-order valence-electron chi connectivity index (χ2n) is 8.21. The van der Waals surface area contributed by atoms with Crippen molar-refractivity contribution in [1.82, 2.24) is 4.98 Å². The number of hydrogen-bond acceptors (Lipinski definition) is 5. The number of nitrogens with zero attached hydrogens (tertiary/aromatic N) is 4. The Bertz CT molecular complexity index is 807. The number of rotatable bonds is 9. The molecular weight excluding hydrogens is 348 g/mol. The van der Waals surface area contributed by atoms with Crippen LogP contribution < -0.4 is 5.01 Å². The highest BCUT2D eigenvalue weighted by Gasteiger charge is 2.25. The van der Waals surface area contributed by atoms with Crippen LogP contribution in [0, 0.1) is 11.3 Å². The Morgan fingerprint density at radius 3 is 2.43 bits per heavy atom. The summed E-state index contributed by atoms with van der Waals surface area (Å²) in [6.07, 6.45) is 9.39. The van der Waals surface area contributed by atoms with Crippen molar-refractivity contribution in [3.63, 3.8) is 0 Å². The van der Waals surface area contributed by atoms with Crippen LogP contribution in [0.4, 0.5) is 5.88 Å². The van der Waals surface area contributed by atoms with Crippen LogP contribution in [0.1, 0.15) is 82.5 Å². The van der Waals surface area contributed by atoms with E-state index in [1.54, 1.807) is 18.3 Å². The molecule has 0 N–H and O–H groups in total. The van der Waals surface area contributed by atoms with Crippen molar-refractivity contribution in [3.05, 3.63) is 47.0 Å². The predicted molar refractivity (Wildman–Crippen MR) is 115 cm³/mol. The Labute approximate surface area is 169 Å². The topological polar surface area (TPSA) is 65.4 Å². The molecule has 0 spiro atoms. The Morgan fingerprint density at radius 1 is 1.14 bits per heavy atom. The SMILES string of the molecule is CCCCCCCc1ccc(C=NN(C)c2oc(C(C)(C)C)nc2C#N)cc1. The molecule has 150 valence electrons. The first-order chi connectivity index (χ1) is 13.3. The standard InChI is InChI=1S/C23H32N4O/c1-6-7-8-9-10-11-18-12-14-19(15-13-18)17-25-27(5)21-20(16-24)26-22(28-21)23(2,3)4/h12-15,17H,6-11H2,1-5H3. The fourth-order valence-electron chi connectivity index (χ4n) is 2.83. The number of hydrazone groups is 1. The van der Waals surface area contributed by atoms with E-state index in [1.165, 1.54) is 37.7 Å². The van der Waals surface area contributed by atoms with E-state index in [2.05, 4.69) is 47.3 Å². The molecule has 0 saturated carbocycles. The Balaban J connectivity index is 1.98. The number of aromatic nitrogens is 1. The zero-order valence-corrected chi connectivity index (χ0v) is 17.8. The second kappa shape index (κ2) is 10.1. The molecule has 2 aromatic rings. The van der Waals surface area contributed by atoms with Crippen LogP contribution in [-0.2, 0) is 11.8 Å². The molecule has 0 amide bonds. The lowest BCUT2D eigenvalue weighted by atomic mass is 9.97. The van der Waals surface area contributed by atoms with Gasteiger partial charge in [0.1, 0.15) is 6.07 Å². The van der Waals surface area contributed by atoms with Crippen molar-refractivity contribution >= 4 is 12.1 Å². The van der Waals surface area contributed by atoms with Crippen molar-refractivity contribution in [3.8, 4) is 6.07 Å². The number of benzene rings is 1. The maximum Gasteiger partial charge on any atom is 0.254 e. The normalized spacial score (nSPS) is 11.7. The maximum absolute atomic E-state index is 9.33. The molecule has 0 radical (unpaired) electrons. The third-order valence-electron chi connectivity index (χ3n) is 4.58. The van der Waals surface area contributed by atoms with Gasteiger partial charge >= 0.3 is 0 Å². The number of aryl methyl sites for hydroxylation is 1. The number of anilines is 1. The minimum Gasteiger partial charge on any atom is -0.421 e. The quantitative estimate of drug-likeness (QED) is 0.312. The summed E-state index contributed by atoms with van der Waals surface area (Å²) in [4.78, 5) is 4.29. The van der Waals surface area contributed by atoms with Crippen molar-refractivity contribution < 1.29 is 4.42 Å². The highest BCUT2D eigenvalue weighted by atomic mass is 16.4. The van der Waals surface area contributed by atoms with Crippen molar-refractivity contribution in [1.29, 1.82) is 5.26 Å². The second-order valence-corrected chi connectivity index (χ2v) is 8.21. The molecule has 0 unspecified atom stereocenters. The maximum atomic E-state index is 9.33. The molecule has 0 aliphatic rings. The van der Waals surface area contributed by atoms with Gasteiger partial charge < -0.3 is 4.42 Å². The highest BCUT2D eigenvalue weighted by molar-refractivity contribution is 5.80.